The van der Waals surface area contributed by atoms with Crippen molar-refractivity contribution in [1.82, 2.24) is 15.1 Å². The third kappa shape index (κ3) is 8.79. The normalized spacial score (nSPS) is 14.4. The van der Waals surface area contributed by atoms with Crippen molar-refractivity contribution in [1.29, 1.82) is 0 Å². The molecule has 0 radical (unpaired) electrons. The van der Waals surface area contributed by atoms with Crippen LogP contribution in [0.2, 0.25) is 0 Å². The van der Waals surface area contributed by atoms with Gasteiger partial charge in [-0.25, -0.2) is 0 Å². The molecule has 5 nitrogen and oxygen atoms in total. The Balaban J connectivity index is 0.00000364. The molecule has 0 aromatic heterocycles. The van der Waals surface area contributed by atoms with Crippen LogP contribution < -0.4 is 5.32 Å². The molecule has 27 heavy (non-hydrogen) atoms. The molecule has 0 bridgehead atoms. The molecular formula is C21H37IN4O. The van der Waals surface area contributed by atoms with E-state index in [1.807, 2.05) is 7.05 Å². The van der Waals surface area contributed by atoms with E-state index in [0.29, 0.717) is 6.04 Å². The predicted octanol–water partition coefficient (Wildman–Crippen LogP) is 3.58. The summed E-state index contributed by atoms with van der Waals surface area (Å²) in [4.78, 5) is 8.91. The molecule has 2 rings (SSSR count). The molecule has 1 aliphatic carbocycles. The second-order valence-corrected chi connectivity index (χ2v) is 7.62. The molecule has 154 valence electrons. The van der Waals surface area contributed by atoms with Crippen molar-refractivity contribution in [3.63, 3.8) is 0 Å². The van der Waals surface area contributed by atoms with Gasteiger partial charge in [-0.2, -0.15) is 0 Å². The Morgan fingerprint density at radius 2 is 1.89 bits per heavy atom. The minimum Gasteiger partial charge on any atom is -0.379 e. The van der Waals surface area contributed by atoms with Crippen molar-refractivity contribution in [2.24, 2.45) is 10.9 Å². The molecule has 1 N–H and O–H groups in total. The summed E-state index contributed by atoms with van der Waals surface area (Å²) in [5.41, 5.74) is 2.68. The van der Waals surface area contributed by atoms with Crippen LogP contribution in [-0.2, 0) is 17.8 Å². The highest BCUT2D eigenvalue weighted by molar-refractivity contribution is 14.0. The quantitative estimate of drug-likeness (QED) is 0.237. The van der Waals surface area contributed by atoms with E-state index in [1.165, 1.54) is 24.0 Å². The monoisotopic (exact) mass is 488 g/mol. The van der Waals surface area contributed by atoms with Gasteiger partial charge in [0.05, 0.1) is 6.61 Å². The van der Waals surface area contributed by atoms with Crippen molar-refractivity contribution in [2.75, 3.05) is 40.9 Å². The first kappa shape index (κ1) is 24.2. The third-order valence-electron chi connectivity index (χ3n) is 5.05. The van der Waals surface area contributed by atoms with Gasteiger partial charge in [-0.1, -0.05) is 24.3 Å². The number of guanidine groups is 1. The number of nitrogens with zero attached hydrogens (tertiary/aromatic N) is 3. The van der Waals surface area contributed by atoms with Gasteiger partial charge in [0, 0.05) is 46.4 Å². The predicted molar refractivity (Wildman–Crippen MR) is 125 cm³/mol. The van der Waals surface area contributed by atoms with Crippen LogP contribution in [0.5, 0.6) is 0 Å². The number of nitrogens with one attached hydrogen (secondary N) is 1. The summed E-state index contributed by atoms with van der Waals surface area (Å²) in [5, 5.41) is 3.49. The molecule has 1 aromatic carbocycles. The summed E-state index contributed by atoms with van der Waals surface area (Å²) in [6.07, 6.45) is 2.68. The van der Waals surface area contributed by atoms with E-state index in [4.69, 9.17) is 4.74 Å². The summed E-state index contributed by atoms with van der Waals surface area (Å²) >= 11 is 0. The van der Waals surface area contributed by atoms with E-state index in [2.05, 4.69) is 72.3 Å². The molecule has 0 amide bonds. The Labute approximate surface area is 182 Å². The average molecular weight is 488 g/mol. The van der Waals surface area contributed by atoms with Crippen molar-refractivity contribution in [3.8, 4) is 0 Å². The second-order valence-electron chi connectivity index (χ2n) is 7.62. The lowest BCUT2D eigenvalue weighted by Crippen LogP contribution is -2.40. The molecule has 1 aliphatic rings. The van der Waals surface area contributed by atoms with Crippen LogP contribution in [0.3, 0.4) is 0 Å². The number of hydrogen-bond donors (Lipinski definition) is 1. The van der Waals surface area contributed by atoms with Gasteiger partial charge in [0.2, 0.25) is 0 Å². The zero-order valence-corrected chi connectivity index (χ0v) is 19.9. The fourth-order valence-corrected chi connectivity index (χ4v) is 2.74. The van der Waals surface area contributed by atoms with Crippen LogP contribution in [0.25, 0.3) is 0 Å². The number of hydrogen-bond acceptors (Lipinski definition) is 3. The second kappa shape index (κ2) is 12.6. The van der Waals surface area contributed by atoms with Crippen molar-refractivity contribution >= 4 is 29.9 Å². The van der Waals surface area contributed by atoms with E-state index in [0.717, 1.165) is 44.7 Å². The van der Waals surface area contributed by atoms with Crippen LogP contribution in [0, 0.1) is 5.92 Å². The Morgan fingerprint density at radius 3 is 2.48 bits per heavy atom. The first-order valence-electron chi connectivity index (χ1n) is 9.77. The largest absolute Gasteiger partial charge is 0.379 e. The summed E-state index contributed by atoms with van der Waals surface area (Å²) in [6, 6.07) is 9.17. The molecule has 0 aliphatic heterocycles. The molecule has 0 saturated heterocycles. The maximum Gasteiger partial charge on any atom is 0.193 e. The number of ether oxygens (including phenoxy) is 1. The highest BCUT2D eigenvalue weighted by Gasteiger charge is 2.21. The Bertz CT molecular complexity index is 575. The summed E-state index contributed by atoms with van der Waals surface area (Å²) in [5.74, 6) is 1.73. The van der Waals surface area contributed by atoms with Gasteiger partial charge in [-0.05, 0) is 50.8 Å². The zero-order chi connectivity index (χ0) is 18.9. The Morgan fingerprint density at radius 1 is 1.22 bits per heavy atom. The standard InChI is InChI=1S/C21H36N4O.HI/c1-17(2)25(5)15-20-9-7-6-8-19(20)14-23-21(22-3)24(4)12-13-26-16-18-10-11-18;/h6-9,17-18H,10-16H2,1-5H3,(H,22,23);1H. The number of likely N-dealkylation sites (N-methyl/N-ethyl adjacent to an activating group) is 1. The molecule has 6 heteroatoms. The molecular weight excluding hydrogens is 451 g/mol. The Kier molecular flexibility index (Phi) is 11.3. The van der Waals surface area contributed by atoms with Crippen molar-refractivity contribution in [2.45, 2.75) is 45.8 Å². The topological polar surface area (TPSA) is 40.1 Å². The number of aliphatic imine (C=N–C) groups is 1. The Hall–Kier alpha value is -0.860. The van der Waals surface area contributed by atoms with E-state index in [-0.39, 0.29) is 24.0 Å². The van der Waals surface area contributed by atoms with Gasteiger partial charge in [-0.3, -0.25) is 9.89 Å². The molecule has 0 unspecified atom stereocenters. The highest BCUT2D eigenvalue weighted by Crippen LogP contribution is 2.28. The van der Waals surface area contributed by atoms with Gasteiger partial charge < -0.3 is 15.0 Å². The summed E-state index contributed by atoms with van der Waals surface area (Å²) in [6.45, 7) is 8.71. The van der Waals surface area contributed by atoms with Crippen molar-refractivity contribution in [3.05, 3.63) is 35.4 Å². The van der Waals surface area contributed by atoms with Crippen LogP contribution >= 0.6 is 24.0 Å². The van der Waals surface area contributed by atoms with Gasteiger partial charge >= 0.3 is 0 Å². The number of halogens is 1. The van der Waals surface area contributed by atoms with E-state index in [1.54, 1.807) is 0 Å². The van der Waals surface area contributed by atoms with Crippen LogP contribution in [0.15, 0.2) is 29.3 Å². The number of benzene rings is 1. The molecule has 1 aromatic rings. The first-order chi connectivity index (χ1) is 12.5. The SMILES string of the molecule is CN=C(NCc1ccccc1CN(C)C(C)C)N(C)CCOCC1CC1.I. The molecule has 0 spiro atoms. The fraction of sp³-hybridized carbons (Fsp3) is 0.667. The van der Waals surface area contributed by atoms with Crippen LogP contribution in [-0.4, -0.2) is 62.7 Å². The van der Waals surface area contributed by atoms with E-state index < -0.39 is 0 Å². The van der Waals surface area contributed by atoms with Gasteiger partial charge in [-0.15, -0.1) is 24.0 Å². The van der Waals surface area contributed by atoms with Crippen molar-refractivity contribution < 1.29 is 4.74 Å². The highest BCUT2D eigenvalue weighted by atomic mass is 127. The minimum absolute atomic E-state index is 0. The molecule has 1 fully saturated rings. The first-order valence-corrected chi connectivity index (χ1v) is 9.77. The molecule has 1 saturated carbocycles. The lowest BCUT2D eigenvalue weighted by atomic mass is 10.1. The maximum absolute atomic E-state index is 5.74. The lowest BCUT2D eigenvalue weighted by molar-refractivity contribution is 0.115. The molecule has 0 atom stereocenters. The minimum atomic E-state index is 0. The summed E-state index contributed by atoms with van der Waals surface area (Å²) < 4.78 is 5.74. The fourth-order valence-electron chi connectivity index (χ4n) is 2.74. The van der Waals surface area contributed by atoms with Crippen LogP contribution in [0.1, 0.15) is 37.8 Å². The van der Waals surface area contributed by atoms with Crippen LogP contribution in [0.4, 0.5) is 0 Å². The van der Waals surface area contributed by atoms with Gasteiger partial charge in [0.1, 0.15) is 0 Å². The zero-order valence-electron chi connectivity index (χ0n) is 17.6. The van der Waals surface area contributed by atoms with E-state index >= 15 is 0 Å². The average Bonchev–Trinajstić information content (AvgIpc) is 3.44. The smallest absolute Gasteiger partial charge is 0.193 e. The molecule has 0 heterocycles. The third-order valence-corrected chi connectivity index (χ3v) is 5.05. The lowest BCUT2D eigenvalue weighted by Gasteiger charge is -2.24. The number of rotatable bonds is 10. The maximum atomic E-state index is 5.74. The summed E-state index contributed by atoms with van der Waals surface area (Å²) in [7, 11) is 6.07. The van der Waals surface area contributed by atoms with Gasteiger partial charge in [0.15, 0.2) is 5.96 Å². The van der Waals surface area contributed by atoms with E-state index in [9.17, 15) is 0 Å². The van der Waals surface area contributed by atoms with Gasteiger partial charge in [0.25, 0.3) is 0 Å².